The van der Waals surface area contributed by atoms with Gasteiger partial charge in [-0.2, -0.15) is 12.6 Å². The van der Waals surface area contributed by atoms with Crippen molar-refractivity contribution in [2.75, 3.05) is 12.3 Å². The molecule has 1 aromatic carbocycles. The van der Waals surface area contributed by atoms with Gasteiger partial charge in [0.25, 0.3) is 0 Å². The monoisotopic (exact) mass is 463 g/mol. The van der Waals surface area contributed by atoms with E-state index in [2.05, 4.69) is 30.2 Å². The molecule has 0 aliphatic heterocycles. The lowest BCUT2D eigenvalue weighted by molar-refractivity contribution is -0.142. The Labute approximate surface area is 197 Å². The average Bonchev–Trinajstić information content (AvgIpc) is 3.54. The minimum Gasteiger partial charge on any atom is -0.444 e. The van der Waals surface area contributed by atoms with E-state index in [1.807, 2.05) is 31.2 Å². The van der Waals surface area contributed by atoms with Crippen molar-refractivity contribution >= 4 is 30.5 Å². The molecule has 0 radical (unpaired) electrons. The number of rotatable bonds is 10. The van der Waals surface area contributed by atoms with Gasteiger partial charge in [-0.15, -0.1) is 0 Å². The highest BCUT2D eigenvalue weighted by Crippen LogP contribution is 2.36. The molecule has 2 rings (SSSR count). The first-order valence-corrected chi connectivity index (χ1v) is 12.0. The molecule has 32 heavy (non-hydrogen) atoms. The van der Waals surface area contributed by atoms with Crippen LogP contribution in [0.15, 0.2) is 24.3 Å². The molecule has 3 amide bonds. The van der Waals surface area contributed by atoms with E-state index in [4.69, 9.17) is 4.74 Å². The Bertz CT molecular complexity index is 805. The summed E-state index contributed by atoms with van der Waals surface area (Å²) in [7, 11) is 0. The first-order valence-electron chi connectivity index (χ1n) is 11.3. The summed E-state index contributed by atoms with van der Waals surface area (Å²) in [5, 5.41) is 5.63. The first-order chi connectivity index (χ1) is 15.1. The Balaban J connectivity index is 2.34. The largest absolute Gasteiger partial charge is 0.444 e. The van der Waals surface area contributed by atoms with Crippen LogP contribution in [0.1, 0.15) is 70.5 Å². The Morgan fingerprint density at radius 3 is 2.41 bits per heavy atom. The summed E-state index contributed by atoms with van der Waals surface area (Å²) >= 11 is 4.30. The van der Waals surface area contributed by atoms with E-state index in [1.165, 1.54) is 0 Å². The number of carbonyl (C=O) groups is 3. The fourth-order valence-electron chi connectivity index (χ4n) is 3.48. The predicted octanol–water partition coefficient (Wildman–Crippen LogP) is 3.77. The van der Waals surface area contributed by atoms with Gasteiger partial charge in [0.2, 0.25) is 11.8 Å². The number of nitrogens with one attached hydrogen (secondary N) is 2. The normalized spacial score (nSPS) is 15.4. The van der Waals surface area contributed by atoms with Crippen LogP contribution in [0.2, 0.25) is 0 Å². The summed E-state index contributed by atoms with van der Waals surface area (Å²) in [5.41, 5.74) is 1.04. The number of hydrogen-bond donors (Lipinski definition) is 3. The molecule has 2 atom stereocenters. The molecule has 2 N–H and O–H groups in total. The van der Waals surface area contributed by atoms with E-state index < -0.39 is 23.8 Å². The Kier molecular flexibility index (Phi) is 9.43. The molecule has 0 heterocycles. The predicted molar refractivity (Wildman–Crippen MR) is 129 cm³/mol. The Hall–Kier alpha value is -2.22. The van der Waals surface area contributed by atoms with Crippen LogP contribution in [-0.2, 0) is 14.3 Å². The van der Waals surface area contributed by atoms with Crippen LogP contribution in [0.4, 0.5) is 4.79 Å². The zero-order chi connectivity index (χ0) is 23.9. The third-order valence-corrected chi connectivity index (χ3v) is 5.57. The lowest BCUT2D eigenvalue weighted by atomic mass is 9.98. The number of amides is 3. The number of benzene rings is 1. The molecule has 2 unspecified atom stereocenters. The Morgan fingerprint density at radius 1 is 1.22 bits per heavy atom. The van der Waals surface area contributed by atoms with E-state index in [0.29, 0.717) is 6.54 Å². The highest BCUT2D eigenvalue weighted by atomic mass is 32.1. The third kappa shape index (κ3) is 7.43. The average molecular weight is 464 g/mol. The highest BCUT2D eigenvalue weighted by Gasteiger charge is 2.44. The van der Waals surface area contributed by atoms with Crippen LogP contribution in [0.25, 0.3) is 0 Å². The molecule has 0 aromatic heterocycles. The summed E-state index contributed by atoms with van der Waals surface area (Å²) in [5.74, 6) is -0.436. The van der Waals surface area contributed by atoms with Gasteiger partial charge in [-0.25, -0.2) is 4.79 Å². The molecule has 1 aromatic rings. The third-order valence-electron chi connectivity index (χ3n) is 5.21. The topological polar surface area (TPSA) is 87.7 Å². The van der Waals surface area contributed by atoms with Gasteiger partial charge >= 0.3 is 6.09 Å². The van der Waals surface area contributed by atoms with Gasteiger partial charge < -0.3 is 20.3 Å². The van der Waals surface area contributed by atoms with Crippen LogP contribution in [-0.4, -0.2) is 52.8 Å². The van der Waals surface area contributed by atoms with Crippen LogP contribution < -0.4 is 10.6 Å². The van der Waals surface area contributed by atoms with Crippen molar-refractivity contribution in [3.63, 3.8) is 0 Å². The second-order valence-corrected chi connectivity index (χ2v) is 9.63. The number of carbonyl (C=O) groups excluding carboxylic acids is 3. The van der Waals surface area contributed by atoms with Gasteiger partial charge in [-0.3, -0.25) is 9.59 Å². The number of ether oxygens (including phenoxy) is 1. The molecular weight excluding hydrogens is 426 g/mol. The maximum atomic E-state index is 13.6. The molecular formula is C24H37N3O4S. The molecule has 7 nitrogen and oxygen atoms in total. The van der Waals surface area contributed by atoms with Gasteiger partial charge in [0.05, 0.1) is 0 Å². The highest BCUT2D eigenvalue weighted by molar-refractivity contribution is 7.80. The zero-order valence-electron chi connectivity index (χ0n) is 19.8. The zero-order valence-corrected chi connectivity index (χ0v) is 20.7. The molecule has 0 saturated heterocycles. The van der Waals surface area contributed by atoms with E-state index in [9.17, 15) is 14.4 Å². The van der Waals surface area contributed by atoms with Crippen molar-refractivity contribution < 1.29 is 19.1 Å². The maximum Gasteiger partial charge on any atom is 0.408 e. The number of alkyl carbamates (subject to hydrolysis) is 1. The minimum atomic E-state index is -0.899. The smallest absolute Gasteiger partial charge is 0.408 e. The maximum absolute atomic E-state index is 13.6. The summed E-state index contributed by atoms with van der Waals surface area (Å²) in [6, 6.07) is 5.89. The lowest BCUT2D eigenvalue weighted by Gasteiger charge is -2.35. The molecule has 1 fully saturated rings. The van der Waals surface area contributed by atoms with Crippen LogP contribution >= 0.6 is 12.6 Å². The van der Waals surface area contributed by atoms with Gasteiger partial charge in [0.15, 0.2) is 0 Å². The van der Waals surface area contributed by atoms with Gasteiger partial charge in [-0.1, -0.05) is 37.6 Å². The van der Waals surface area contributed by atoms with Crippen molar-refractivity contribution in [3.05, 3.63) is 35.4 Å². The van der Waals surface area contributed by atoms with Crippen LogP contribution in [0, 0.1) is 6.92 Å². The summed E-state index contributed by atoms with van der Waals surface area (Å²) in [6.07, 6.45) is 2.79. The van der Waals surface area contributed by atoms with E-state index in [-0.39, 0.29) is 23.6 Å². The number of thiol groups is 1. The molecule has 1 aliphatic rings. The first kappa shape index (κ1) is 26.0. The van der Waals surface area contributed by atoms with Gasteiger partial charge in [-0.05, 0) is 58.1 Å². The van der Waals surface area contributed by atoms with E-state index in [1.54, 1.807) is 25.7 Å². The molecule has 1 saturated carbocycles. The number of aryl methyl sites for hydroxylation is 1. The van der Waals surface area contributed by atoms with Crippen molar-refractivity contribution in [2.45, 2.75) is 84.0 Å². The molecule has 1 aliphatic carbocycles. The fraction of sp³-hybridized carbons (Fsp3) is 0.625. The van der Waals surface area contributed by atoms with Crippen molar-refractivity contribution in [1.29, 1.82) is 0 Å². The second kappa shape index (κ2) is 11.6. The van der Waals surface area contributed by atoms with Crippen molar-refractivity contribution in [1.82, 2.24) is 15.5 Å². The summed E-state index contributed by atoms with van der Waals surface area (Å²) < 4.78 is 5.32. The summed E-state index contributed by atoms with van der Waals surface area (Å²) in [6.45, 7) is 9.83. The standard InChI is InChI=1S/C24H37N3O4S/c1-6-7-14-25-21(28)20(18-11-9-8-10-16(18)2)27(17-12-13-17)22(29)19(15-32)26-23(30)31-24(3,4)5/h8-11,17,19-20,32H,6-7,12-15H2,1-5H3,(H,25,28)(H,26,30). The van der Waals surface area contributed by atoms with Gasteiger partial charge in [0, 0.05) is 18.3 Å². The minimum absolute atomic E-state index is 0.0492. The number of hydrogen-bond acceptors (Lipinski definition) is 5. The quantitative estimate of drug-likeness (QED) is 0.364. The van der Waals surface area contributed by atoms with E-state index >= 15 is 0 Å². The van der Waals surface area contributed by atoms with Crippen LogP contribution in [0.3, 0.4) is 0 Å². The van der Waals surface area contributed by atoms with Gasteiger partial charge in [0.1, 0.15) is 17.7 Å². The van der Waals surface area contributed by atoms with E-state index in [0.717, 1.165) is 36.8 Å². The number of nitrogens with zero attached hydrogens (tertiary/aromatic N) is 1. The molecule has 178 valence electrons. The summed E-state index contributed by atoms with van der Waals surface area (Å²) in [4.78, 5) is 40.9. The lowest BCUT2D eigenvalue weighted by Crippen LogP contribution is -2.54. The second-order valence-electron chi connectivity index (χ2n) is 9.26. The molecule has 0 spiro atoms. The van der Waals surface area contributed by atoms with Crippen molar-refractivity contribution in [2.24, 2.45) is 0 Å². The number of unbranched alkanes of at least 4 members (excludes halogenated alkanes) is 1. The van der Waals surface area contributed by atoms with Crippen molar-refractivity contribution in [3.8, 4) is 0 Å². The fourth-order valence-corrected chi connectivity index (χ4v) is 3.73. The molecule has 0 bridgehead atoms. The Morgan fingerprint density at radius 2 is 1.88 bits per heavy atom. The molecule has 8 heteroatoms. The SMILES string of the molecule is CCCCNC(=O)C(c1ccccc1C)N(C(=O)C(CS)NC(=O)OC(C)(C)C)C1CC1. The van der Waals surface area contributed by atoms with Crippen LogP contribution in [0.5, 0.6) is 0 Å².